The quantitative estimate of drug-likeness (QED) is 0.112. The zero-order valence-electron chi connectivity index (χ0n) is 29.1. The van der Waals surface area contributed by atoms with Gasteiger partial charge in [-0.1, -0.05) is 24.3 Å². The minimum absolute atomic E-state index is 0. The maximum Gasteiger partial charge on any atom is 0.120 e. The molecule has 1 radical (unpaired) electrons. The molecule has 2 aliphatic heterocycles. The number of rotatable bonds is 8. The monoisotopic (exact) mass is 857 g/mol. The smallest absolute Gasteiger partial charge is 0.120 e. The van der Waals surface area contributed by atoms with Gasteiger partial charge in [-0.25, -0.2) is 4.98 Å². The molecule has 2 aliphatic rings. The topological polar surface area (TPSA) is 43.2 Å². The van der Waals surface area contributed by atoms with Gasteiger partial charge in [0.2, 0.25) is 0 Å². The summed E-state index contributed by atoms with van der Waals surface area (Å²) >= 11 is 0. The van der Waals surface area contributed by atoms with E-state index >= 15 is 0 Å². The van der Waals surface area contributed by atoms with Crippen molar-refractivity contribution >= 4 is 39.8 Å². The first-order valence-corrected chi connectivity index (χ1v) is 17.4. The second kappa shape index (κ2) is 15.9. The molecule has 0 saturated carbocycles. The number of fused-ring (bicyclic) bond motifs is 3. The van der Waals surface area contributed by atoms with Crippen LogP contribution in [0.25, 0.3) is 16.9 Å². The van der Waals surface area contributed by atoms with Crippen molar-refractivity contribution in [3.8, 4) is 11.3 Å². The molecule has 52 heavy (non-hydrogen) atoms. The number of anilines is 6. The molecule has 0 spiro atoms. The number of aromatic nitrogens is 3. The van der Waals surface area contributed by atoms with Gasteiger partial charge >= 0.3 is 0 Å². The van der Waals surface area contributed by atoms with Crippen molar-refractivity contribution in [1.82, 2.24) is 14.4 Å². The average Bonchev–Trinajstić information content (AvgIpc) is 3.85. The summed E-state index contributed by atoms with van der Waals surface area (Å²) in [5.74, 6) is 0. The minimum Gasteiger partial charge on any atom is -0.501 e. The van der Waals surface area contributed by atoms with E-state index < -0.39 is 0 Å². The predicted molar refractivity (Wildman–Crippen MR) is 207 cm³/mol. The predicted octanol–water partition coefficient (Wildman–Crippen LogP) is 9.73. The standard InChI is InChI=1S/C30H26N4.C14H12N3.Ir/c1-3-13-25(14-4-1)33-23-31(27-17-7-9-19-29(27)33)21-11-12-22-32-24-34(26-15-5-2-6-16-26)30-20-10-8-18-28(30)32;1-10-11(2)17-9-8-15-13(14(17)16-10)12-6-4-3-5-7-12;/h1-10,13,15,17-20,23-24H,11-12,21-22H2;3-6,8-9H,1-2H3;/q-4;-1;. The first kappa shape index (κ1) is 35.0. The molecule has 0 N–H and O–H groups in total. The molecule has 5 aromatic carbocycles. The zero-order valence-corrected chi connectivity index (χ0v) is 31.5. The van der Waals surface area contributed by atoms with E-state index in [1.165, 1.54) is 22.7 Å². The normalized spacial score (nSPS) is 13.0. The molecule has 9 rings (SSSR count). The van der Waals surface area contributed by atoms with Gasteiger partial charge in [0.05, 0.1) is 5.69 Å². The van der Waals surface area contributed by atoms with Crippen molar-refractivity contribution in [3.05, 3.63) is 177 Å². The SMILES string of the molecule is Cc1nc2c(-c3[c-]cccc3)nccn2c1C.[Ir].[c-]1ccccc1N1[CH-]N(CCCCN2[CH-]N(c3[c-]cccc3)c3ccccc32)c2ccccc21. The number of aryl methyl sites for hydroxylation is 2. The van der Waals surface area contributed by atoms with Gasteiger partial charge in [0.25, 0.3) is 0 Å². The first-order valence-electron chi connectivity index (χ1n) is 17.4. The Morgan fingerprint density at radius 1 is 0.596 bits per heavy atom. The van der Waals surface area contributed by atoms with Crippen molar-refractivity contribution < 1.29 is 20.1 Å². The van der Waals surface area contributed by atoms with Gasteiger partial charge < -0.3 is 24.0 Å². The molecule has 0 bridgehead atoms. The molecule has 0 unspecified atom stereocenters. The summed E-state index contributed by atoms with van der Waals surface area (Å²) in [7, 11) is 0. The molecule has 0 atom stereocenters. The van der Waals surface area contributed by atoms with E-state index in [0.717, 1.165) is 65.6 Å². The Morgan fingerprint density at radius 2 is 1.10 bits per heavy atom. The van der Waals surface area contributed by atoms with Crippen LogP contribution in [0.2, 0.25) is 0 Å². The average molecular weight is 857 g/mol. The maximum atomic E-state index is 4.57. The van der Waals surface area contributed by atoms with E-state index in [1.54, 1.807) is 6.20 Å². The summed E-state index contributed by atoms with van der Waals surface area (Å²) in [6.45, 7) is 10.5. The summed E-state index contributed by atoms with van der Waals surface area (Å²) < 4.78 is 2.07. The largest absolute Gasteiger partial charge is 0.501 e. The van der Waals surface area contributed by atoms with Gasteiger partial charge in [-0.15, -0.1) is 47.3 Å². The van der Waals surface area contributed by atoms with E-state index in [-0.39, 0.29) is 20.1 Å². The van der Waals surface area contributed by atoms with Crippen LogP contribution in [0, 0.1) is 45.4 Å². The van der Waals surface area contributed by atoms with Gasteiger partial charge in [-0.2, -0.15) is 74.0 Å². The molecular weight excluding hydrogens is 819 g/mol. The third-order valence-corrected chi connectivity index (χ3v) is 9.35. The summed E-state index contributed by atoms with van der Waals surface area (Å²) in [4.78, 5) is 18.2. The van der Waals surface area contributed by atoms with Crippen molar-refractivity contribution in [2.45, 2.75) is 26.7 Å². The molecule has 8 heteroatoms. The van der Waals surface area contributed by atoms with Crippen LogP contribution in [0.15, 0.2) is 134 Å². The fourth-order valence-corrected chi connectivity index (χ4v) is 6.66. The molecule has 0 aliphatic carbocycles. The van der Waals surface area contributed by atoms with Crippen LogP contribution >= 0.6 is 0 Å². The molecular formula is C44H38IrN7-5. The summed E-state index contributed by atoms with van der Waals surface area (Å²) in [5, 5.41) is 0. The Morgan fingerprint density at radius 3 is 1.60 bits per heavy atom. The fraction of sp³-hybridized carbons (Fsp3) is 0.136. The van der Waals surface area contributed by atoms with Gasteiger partial charge in [0.15, 0.2) is 0 Å². The number of imidazole rings is 1. The summed E-state index contributed by atoms with van der Waals surface area (Å²) in [5.41, 5.74) is 12.0. The first-order chi connectivity index (χ1) is 25.2. The zero-order chi connectivity index (χ0) is 34.6. The number of benzene rings is 5. The van der Waals surface area contributed by atoms with Gasteiger partial charge in [0, 0.05) is 66.6 Å². The minimum atomic E-state index is 0. The summed E-state index contributed by atoms with van der Waals surface area (Å²) in [6.07, 6.45) is 5.94. The van der Waals surface area contributed by atoms with Crippen LogP contribution in [-0.4, -0.2) is 27.5 Å². The second-order valence-corrected chi connectivity index (χ2v) is 12.6. The number of para-hydroxylation sites is 6. The van der Waals surface area contributed by atoms with Crippen molar-refractivity contribution in [1.29, 1.82) is 0 Å². The van der Waals surface area contributed by atoms with Crippen LogP contribution in [0.5, 0.6) is 0 Å². The van der Waals surface area contributed by atoms with Gasteiger partial charge in [0.1, 0.15) is 5.65 Å². The number of nitrogens with zero attached hydrogens (tertiary/aromatic N) is 7. The number of hydrogen-bond donors (Lipinski definition) is 0. The fourth-order valence-electron chi connectivity index (χ4n) is 6.66. The van der Waals surface area contributed by atoms with E-state index in [4.69, 9.17) is 0 Å². The van der Waals surface area contributed by atoms with Crippen LogP contribution < -0.4 is 19.6 Å². The molecule has 7 aromatic rings. The number of unbranched alkanes of at least 4 members (excludes halogenated alkanes) is 1. The molecule has 4 heterocycles. The van der Waals surface area contributed by atoms with Crippen LogP contribution in [0.1, 0.15) is 24.2 Å². The Hall–Kier alpha value is -5.43. The summed E-state index contributed by atoms with van der Waals surface area (Å²) in [6, 6.07) is 51.2. The molecule has 0 saturated heterocycles. The Bertz CT molecular complexity index is 2120. The molecule has 2 aromatic heterocycles. The Labute approximate surface area is 320 Å². The van der Waals surface area contributed by atoms with Gasteiger partial charge in [-0.05, 0) is 64.0 Å². The third kappa shape index (κ3) is 7.05. The van der Waals surface area contributed by atoms with Gasteiger partial charge in [-0.3, -0.25) is 4.98 Å². The molecule has 263 valence electrons. The third-order valence-electron chi connectivity index (χ3n) is 9.35. The van der Waals surface area contributed by atoms with E-state index in [2.05, 4.69) is 145 Å². The second-order valence-electron chi connectivity index (χ2n) is 12.6. The maximum absolute atomic E-state index is 4.57. The van der Waals surface area contributed by atoms with Crippen molar-refractivity contribution in [2.24, 2.45) is 0 Å². The van der Waals surface area contributed by atoms with Crippen molar-refractivity contribution in [3.63, 3.8) is 0 Å². The van der Waals surface area contributed by atoms with Crippen molar-refractivity contribution in [2.75, 3.05) is 32.7 Å². The molecule has 7 nitrogen and oxygen atoms in total. The van der Waals surface area contributed by atoms with E-state index in [1.807, 2.05) is 61.7 Å². The number of hydrogen-bond acceptors (Lipinski definition) is 6. The molecule has 0 fully saturated rings. The van der Waals surface area contributed by atoms with E-state index in [0.29, 0.717) is 0 Å². The molecule has 0 amide bonds. The Balaban J connectivity index is 0.000000196. The van der Waals surface area contributed by atoms with Crippen LogP contribution in [-0.2, 0) is 20.1 Å². The van der Waals surface area contributed by atoms with Crippen LogP contribution in [0.4, 0.5) is 34.1 Å². The Kier molecular flexibility index (Phi) is 10.7. The van der Waals surface area contributed by atoms with E-state index in [9.17, 15) is 0 Å². The van der Waals surface area contributed by atoms with Crippen LogP contribution in [0.3, 0.4) is 0 Å².